The molecule has 4 aromatic rings. The molecule has 2 heterocycles. The molecule has 0 amide bonds. The van der Waals surface area contributed by atoms with Crippen molar-refractivity contribution in [2.24, 2.45) is 5.10 Å². The van der Waals surface area contributed by atoms with Gasteiger partial charge in [0.2, 0.25) is 6.79 Å². The van der Waals surface area contributed by atoms with Crippen LogP contribution in [0, 0.1) is 6.92 Å². The number of fused-ring (bicyclic) bond motifs is 1. The van der Waals surface area contributed by atoms with E-state index in [1.807, 2.05) is 42.5 Å². The lowest BCUT2D eigenvalue weighted by Crippen LogP contribution is -2.35. The third-order valence-corrected chi connectivity index (χ3v) is 5.97. The molecular formula is C28H23N3O2. The first-order chi connectivity index (χ1) is 16.3. The van der Waals surface area contributed by atoms with Gasteiger partial charge in [-0.15, -0.1) is 0 Å². The fourth-order valence-corrected chi connectivity index (χ4v) is 4.33. The number of para-hydroxylation sites is 1. The summed E-state index contributed by atoms with van der Waals surface area (Å²) in [6.07, 6.45) is -0.195. The minimum atomic E-state index is -0.195. The highest BCUT2D eigenvalue weighted by Gasteiger charge is 2.38. The van der Waals surface area contributed by atoms with Crippen LogP contribution in [0.25, 0.3) is 0 Å². The number of nitrogens with zero attached hydrogens (tertiary/aromatic N) is 3. The molecule has 6 rings (SSSR count). The monoisotopic (exact) mass is 433 g/mol. The first-order valence-electron chi connectivity index (χ1n) is 11.0. The van der Waals surface area contributed by atoms with Gasteiger partial charge in [0, 0.05) is 16.8 Å². The molecule has 162 valence electrons. The molecule has 0 aliphatic carbocycles. The zero-order chi connectivity index (χ0) is 22.2. The van der Waals surface area contributed by atoms with Crippen LogP contribution in [0.3, 0.4) is 0 Å². The maximum Gasteiger partial charge on any atom is 0.231 e. The van der Waals surface area contributed by atoms with Gasteiger partial charge in [-0.25, -0.2) is 5.01 Å². The topological polar surface area (TPSA) is 37.3 Å². The SMILES string of the molecule is Cc1ccc(N2C(c3ccccc3)=NN(c3ccccc3)[C@H]2c2ccc3c(c2)OCO3)cc1. The van der Waals surface area contributed by atoms with Crippen LogP contribution in [0.4, 0.5) is 11.4 Å². The van der Waals surface area contributed by atoms with Crippen LogP contribution in [-0.2, 0) is 0 Å². The van der Waals surface area contributed by atoms with E-state index in [0.29, 0.717) is 0 Å². The van der Waals surface area contributed by atoms with Gasteiger partial charge in [0.15, 0.2) is 23.5 Å². The second-order valence-electron chi connectivity index (χ2n) is 8.16. The number of hydrogen-bond donors (Lipinski definition) is 0. The summed E-state index contributed by atoms with van der Waals surface area (Å²) in [7, 11) is 0. The Labute approximate surface area is 193 Å². The van der Waals surface area contributed by atoms with Crippen LogP contribution in [0.1, 0.15) is 22.9 Å². The summed E-state index contributed by atoms with van der Waals surface area (Å²) in [5.74, 6) is 2.43. The molecule has 0 saturated heterocycles. The van der Waals surface area contributed by atoms with Crippen molar-refractivity contribution in [2.45, 2.75) is 13.1 Å². The Balaban J connectivity index is 1.56. The molecule has 0 spiro atoms. The van der Waals surface area contributed by atoms with Crippen LogP contribution >= 0.6 is 0 Å². The van der Waals surface area contributed by atoms with Crippen molar-refractivity contribution in [2.75, 3.05) is 16.7 Å². The van der Waals surface area contributed by atoms with E-state index in [2.05, 4.69) is 77.5 Å². The fourth-order valence-electron chi connectivity index (χ4n) is 4.33. The molecule has 2 aliphatic heterocycles. The first-order valence-corrected chi connectivity index (χ1v) is 11.0. The summed E-state index contributed by atoms with van der Waals surface area (Å²) in [5, 5.41) is 7.25. The summed E-state index contributed by atoms with van der Waals surface area (Å²) in [5.41, 5.74) is 5.43. The maximum absolute atomic E-state index is 5.71. The molecule has 0 aromatic heterocycles. The van der Waals surface area contributed by atoms with Crippen LogP contribution in [0.15, 0.2) is 108 Å². The molecule has 2 aliphatic rings. The van der Waals surface area contributed by atoms with E-state index in [4.69, 9.17) is 14.6 Å². The zero-order valence-corrected chi connectivity index (χ0v) is 18.3. The Morgan fingerprint density at radius 1 is 0.727 bits per heavy atom. The van der Waals surface area contributed by atoms with Crippen LogP contribution < -0.4 is 19.4 Å². The summed E-state index contributed by atoms with van der Waals surface area (Å²) < 4.78 is 11.3. The average Bonchev–Trinajstić information content (AvgIpc) is 3.50. The van der Waals surface area contributed by atoms with Gasteiger partial charge >= 0.3 is 0 Å². The predicted octanol–water partition coefficient (Wildman–Crippen LogP) is 6.11. The second kappa shape index (κ2) is 8.02. The lowest BCUT2D eigenvalue weighted by molar-refractivity contribution is 0.174. The molecule has 1 atom stereocenters. The summed E-state index contributed by atoms with van der Waals surface area (Å²) in [6, 6.07) is 35.3. The van der Waals surface area contributed by atoms with Crippen LogP contribution in [-0.4, -0.2) is 12.6 Å². The lowest BCUT2D eigenvalue weighted by atomic mass is 10.1. The third kappa shape index (κ3) is 3.48. The lowest BCUT2D eigenvalue weighted by Gasteiger charge is -2.32. The molecule has 0 radical (unpaired) electrons. The number of rotatable bonds is 4. The van der Waals surface area contributed by atoms with Gasteiger partial charge in [-0.3, -0.25) is 4.90 Å². The maximum atomic E-state index is 5.71. The number of aryl methyl sites for hydroxylation is 1. The van der Waals surface area contributed by atoms with E-state index < -0.39 is 0 Å². The quantitative estimate of drug-likeness (QED) is 0.389. The Bertz CT molecular complexity index is 1300. The standard InChI is InChI=1S/C28H23N3O2/c1-20-12-15-23(16-13-20)30-27(21-8-4-2-5-9-21)29-31(24-10-6-3-7-11-24)28(30)22-14-17-25-26(18-22)33-19-32-25/h2-18,28H,19H2,1H3/t28-/m0/s1. The number of hydrazone groups is 1. The van der Waals surface area contributed by atoms with E-state index in [1.54, 1.807) is 0 Å². The molecule has 0 saturated carbocycles. The van der Waals surface area contributed by atoms with Gasteiger partial charge in [0.1, 0.15) is 0 Å². The van der Waals surface area contributed by atoms with Crippen molar-refractivity contribution >= 4 is 17.2 Å². The van der Waals surface area contributed by atoms with E-state index in [1.165, 1.54) is 5.56 Å². The normalized spacial score (nSPS) is 16.8. The zero-order valence-electron chi connectivity index (χ0n) is 18.3. The van der Waals surface area contributed by atoms with Crippen molar-refractivity contribution in [3.05, 3.63) is 120 Å². The molecule has 33 heavy (non-hydrogen) atoms. The molecule has 5 heteroatoms. The highest BCUT2D eigenvalue weighted by atomic mass is 16.7. The van der Waals surface area contributed by atoms with Crippen molar-refractivity contribution in [1.29, 1.82) is 0 Å². The minimum absolute atomic E-state index is 0.195. The van der Waals surface area contributed by atoms with Crippen molar-refractivity contribution in [3.63, 3.8) is 0 Å². The number of hydrogen-bond acceptors (Lipinski definition) is 5. The third-order valence-electron chi connectivity index (χ3n) is 5.97. The predicted molar refractivity (Wildman–Crippen MR) is 131 cm³/mol. The Hall–Kier alpha value is -4.25. The Morgan fingerprint density at radius 2 is 1.42 bits per heavy atom. The highest BCUT2D eigenvalue weighted by Crippen LogP contribution is 2.43. The summed E-state index contributed by atoms with van der Waals surface area (Å²) in [6.45, 7) is 2.35. The highest BCUT2D eigenvalue weighted by molar-refractivity contribution is 6.12. The molecule has 0 N–H and O–H groups in total. The van der Waals surface area contributed by atoms with Crippen molar-refractivity contribution < 1.29 is 9.47 Å². The molecule has 0 bridgehead atoms. The van der Waals surface area contributed by atoms with E-state index in [0.717, 1.165) is 39.8 Å². The molecule has 0 fully saturated rings. The van der Waals surface area contributed by atoms with Crippen molar-refractivity contribution in [1.82, 2.24) is 0 Å². The molecule has 5 nitrogen and oxygen atoms in total. The largest absolute Gasteiger partial charge is 0.454 e. The Morgan fingerprint density at radius 3 is 2.18 bits per heavy atom. The molecule has 0 unspecified atom stereocenters. The summed E-state index contributed by atoms with van der Waals surface area (Å²) >= 11 is 0. The Kier molecular flexibility index (Phi) is 4.73. The van der Waals surface area contributed by atoms with Crippen LogP contribution in [0.2, 0.25) is 0 Å². The van der Waals surface area contributed by atoms with E-state index >= 15 is 0 Å². The van der Waals surface area contributed by atoms with E-state index in [9.17, 15) is 0 Å². The van der Waals surface area contributed by atoms with Crippen LogP contribution in [0.5, 0.6) is 11.5 Å². The summed E-state index contributed by atoms with van der Waals surface area (Å²) in [4.78, 5) is 2.29. The number of benzene rings is 4. The molecule has 4 aromatic carbocycles. The number of anilines is 2. The smallest absolute Gasteiger partial charge is 0.231 e. The molecular weight excluding hydrogens is 410 g/mol. The van der Waals surface area contributed by atoms with Gasteiger partial charge in [-0.05, 0) is 43.3 Å². The van der Waals surface area contributed by atoms with Gasteiger partial charge in [-0.2, -0.15) is 5.10 Å². The number of amidine groups is 1. The van der Waals surface area contributed by atoms with Gasteiger partial charge in [-0.1, -0.05) is 72.3 Å². The minimum Gasteiger partial charge on any atom is -0.454 e. The van der Waals surface area contributed by atoms with E-state index in [-0.39, 0.29) is 13.0 Å². The first kappa shape index (κ1) is 19.4. The van der Waals surface area contributed by atoms with Crippen molar-refractivity contribution in [3.8, 4) is 11.5 Å². The number of ether oxygens (including phenoxy) is 2. The second-order valence-corrected chi connectivity index (χ2v) is 8.16. The van der Waals surface area contributed by atoms with Gasteiger partial charge in [0.25, 0.3) is 0 Å². The fraction of sp³-hybridized carbons (Fsp3) is 0.107. The van der Waals surface area contributed by atoms with Gasteiger partial charge in [0.05, 0.1) is 5.69 Å². The van der Waals surface area contributed by atoms with Gasteiger partial charge < -0.3 is 9.47 Å². The average molecular weight is 434 g/mol.